The predicted molar refractivity (Wildman–Crippen MR) is 90.4 cm³/mol. The molecule has 126 valence electrons. The highest BCUT2D eigenvalue weighted by Crippen LogP contribution is 2.28. The summed E-state index contributed by atoms with van der Waals surface area (Å²) in [5.41, 5.74) is 0.466. The van der Waals surface area contributed by atoms with E-state index in [2.05, 4.69) is 4.98 Å². The van der Waals surface area contributed by atoms with E-state index in [9.17, 15) is 8.42 Å². The molecule has 24 heavy (non-hydrogen) atoms. The third kappa shape index (κ3) is 3.43. The van der Waals surface area contributed by atoms with Gasteiger partial charge in [0, 0.05) is 23.7 Å². The normalized spacial score (nSPS) is 18.4. The van der Waals surface area contributed by atoms with E-state index in [0.717, 1.165) is 11.3 Å². The maximum absolute atomic E-state index is 12.7. The lowest BCUT2D eigenvalue weighted by Gasteiger charge is -2.16. The van der Waals surface area contributed by atoms with Crippen LogP contribution in [0.15, 0.2) is 34.7 Å². The van der Waals surface area contributed by atoms with Crippen molar-refractivity contribution < 1.29 is 13.2 Å². The zero-order valence-electron chi connectivity index (χ0n) is 13.2. The molecule has 1 saturated heterocycles. The Morgan fingerprint density at radius 3 is 3.00 bits per heavy atom. The minimum atomic E-state index is -3.47. The summed E-state index contributed by atoms with van der Waals surface area (Å²) in [6.45, 7) is 2.72. The van der Waals surface area contributed by atoms with Gasteiger partial charge in [-0.25, -0.2) is 13.4 Å². The van der Waals surface area contributed by atoms with Crippen LogP contribution < -0.4 is 4.74 Å². The van der Waals surface area contributed by atoms with Crippen molar-refractivity contribution in [1.29, 1.82) is 5.26 Å². The van der Waals surface area contributed by atoms with Gasteiger partial charge < -0.3 is 4.74 Å². The molecule has 3 heterocycles. The van der Waals surface area contributed by atoms with Gasteiger partial charge in [0.1, 0.15) is 10.3 Å². The molecule has 2 aromatic heterocycles. The summed E-state index contributed by atoms with van der Waals surface area (Å²) in [7, 11) is -3.47. The lowest BCUT2D eigenvalue weighted by molar-refractivity contribution is 0.207. The highest BCUT2D eigenvalue weighted by atomic mass is 32.2. The number of thiophene rings is 1. The van der Waals surface area contributed by atoms with Crippen molar-refractivity contribution in [3.05, 3.63) is 40.9 Å². The average Bonchev–Trinajstić information content (AvgIpc) is 3.24. The third-order valence-corrected chi connectivity index (χ3v) is 7.40. The number of aromatic nitrogens is 1. The van der Waals surface area contributed by atoms with Crippen LogP contribution in [0.3, 0.4) is 0 Å². The zero-order valence-corrected chi connectivity index (χ0v) is 14.8. The summed E-state index contributed by atoms with van der Waals surface area (Å²) >= 11 is 1.32. The molecule has 1 unspecified atom stereocenters. The fourth-order valence-electron chi connectivity index (χ4n) is 2.54. The Labute approximate surface area is 145 Å². The van der Waals surface area contributed by atoms with Crippen molar-refractivity contribution in [2.75, 3.05) is 13.1 Å². The van der Waals surface area contributed by atoms with Crippen molar-refractivity contribution in [3.63, 3.8) is 0 Å². The second-order valence-electron chi connectivity index (χ2n) is 5.46. The van der Waals surface area contributed by atoms with Gasteiger partial charge in [0.2, 0.25) is 5.88 Å². The molecular formula is C16H17N3O3S2. The highest BCUT2D eigenvalue weighted by molar-refractivity contribution is 7.91. The molecule has 0 N–H and O–H groups in total. The van der Waals surface area contributed by atoms with Crippen LogP contribution in [0, 0.1) is 11.3 Å². The van der Waals surface area contributed by atoms with Crippen LogP contribution in [0.2, 0.25) is 0 Å². The number of hydrogen-bond acceptors (Lipinski definition) is 6. The number of rotatable bonds is 5. The monoisotopic (exact) mass is 363 g/mol. The highest BCUT2D eigenvalue weighted by Gasteiger charge is 2.34. The Hall–Kier alpha value is -1.95. The summed E-state index contributed by atoms with van der Waals surface area (Å²) in [5.74, 6) is 0.350. The summed E-state index contributed by atoms with van der Waals surface area (Å²) in [5, 5.41) is 8.90. The van der Waals surface area contributed by atoms with Gasteiger partial charge in [-0.05, 0) is 31.0 Å². The van der Waals surface area contributed by atoms with Gasteiger partial charge in [-0.3, -0.25) is 0 Å². The fourth-order valence-corrected chi connectivity index (χ4v) is 5.48. The zero-order chi connectivity index (χ0) is 17.2. The molecule has 1 fully saturated rings. The molecule has 0 spiro atoms. The van der Waals surface area contributed by atoms with Crippen molar-refractivity contribution >= 4 is 21.4 Å². The van der Waals surface area contributed by atoms with E-state index in [-0.39, 0.29) is 6.10 Å². The average molecular weight is 363 g/mol. The van der Waals surface area contributed by atoms with Crippen molar-refractivity contribution in [2.45, 2.75) is 30.1 Å². The van der Waals surface area contributed by atoms with Crippen LogP contribution in [0.5, 0.6) is 5.88 Å². The minimum absolute atomic E-state index is 0.258. The molecule has 0 amide bonds. The Morgan fingerprint density at radius 2 is 2.29 bits per heavy atom. The molecule has 0 saturated carbocycles. The number of sulfonamides is 1. The number of hydrogen-bond donors (Lipinski definition) is 0. The van der Waals surface area contributed by atoms with E-state index in [0.29, 0.717) is 35.2 Å². The molecule has 1 aliphatic rings. The smallest absolute Gasteiger partial charge is 0.252 e. The van der Waals surface area contributed by atoms with Gasteiger partial charge in [0.15, 0.2) is 0 Å². The van der Waals surface area contributed by atoms with Crippen LogP contribution in [0.25, 0.3) is 0 Å². The Kier molecular flexibility index (Phi) is 4.85. The summed E-state index contributed by atoms with van der Waals surface area (Å²) < 4.78 is 32.9. The maximum atomic E-state index is 12.7. The molecule has 6 nitrogen and oxygen atoms in total. The molecule has 1 aliphatic heterocycles. The molecular weight excluding hydrogens is 346 g/mol. The Morgan fingerprint density at radius 1 is 1.46 bits per heavy atom. The Balaban J connectivity index is 1.69. The number of ether oxygens (including phenoxy) is 1. The number of pyridine rings is 1. The maximum Gasteiger partial charge on any atom is 0.252 e. The second kappa shape index (κ2) is 6.89. The van der Waals surface area contributed by atoms with Crippen molar-refractivity contribution in [2.24, 2.45) is 0 Å². The topological polar surface area (TPSA) is 83.3 Å². The first kappa shape index (κ1) is 16.9. The lowest BCUT2D eigenvalue weighted by atomic mass is 10.3. The predicted octanol–water partition coefficient (Wildman–Crippen LogP) is 2.42. The number of nitrogens with zero attached hydrogens (tertiary/aromatic N) is 3. The van der Waals surface area contributed by atoms with Crippen LogP contribution in [-0.2, 0) is 16.4 Å². The first-order valence-electron chi connectivity index (χ1n) is 7.64. The van der Waals surface area contributed by atoms with E-state index in [1.807, 2.05) is 19.1 Å². The molecule has 8 heteroatoms. The van der Waals surface area contributed by atoms with Crippen LogP contribution in [0.4, 0.5) is 0 Å². The molecule has 1 atom stereocenters. The van der Waals surface area contributed by atoms with E-state index in [1.165, 1.54) is 21.8 Å². The molecule has 2 aromatic rings. The van der Waals surface area contributed by atoms with E-state index in [4.69, 9.17) is 10.00 Å². The summed E-state index contributed by atoms with van der Waals surface area (Å²) in [4.78, 5) is 5.13. The molecule has 3 rings (SSSR count). The van der Waals surface area contributed by atoms with E-state index < -0.39 is 10.0 Å². The Bertz CT molecular complexity index is 871. The standard InChI is InChI=1S/C16H17N3O3S2/c1-2-14-3-4-16(23-14)24(20,21)19-8-6-13(11-19)22-15-9-12(10-17)5-7-18-15/h3-5,7,9,13H,2,6,8,11H2,1H3. The van der Waals surface area contributed by atoms with E-state index >= 15 is 0 Å². The fraction of sp³-hybridized carbons (Fsp3) is 0.375. The van der Waals surface area contributed by atoms with Crippen molar-refractivity contribution in [3.8, 4) is 11.9 Å². The third-order valence-electron chi connectivity index (χ3n) is 3.84. The van der Waals surface area contributed by atoms with Gasteiger partial charge >= 0.3 is 0 Å². The SMILES string of the molecule is CCc1ccc(S(=O)(=O)N2CCC(Oc3cc(C#N)ccn3)C2)s1. The minimum Gasteiger partial charge on any atom is -0.473 e. The largest absolute Gasteiger partial charge is 0.473 e. The number of aryl methyl sites for hydroxylation is 1. The van der Waals surface area contributed by atoms with Crippen LogP contribution in [-0.4, -0.2) is 36.9 Å². The molecule has 0 aromatic carbocycles. The van der Waals surface area contributed by atoms with Crippen LogP contribution in [0.1, 0.15) is 23.8 Å². The second-order valence-corrected chi connectivity index (χ2v) is 8.79. The summed E-state index contributed by atoms with van der Waals surface area (Å²) in [6, 6.07) is 8.72. The van der Waals surface area contributed by atoms with Gasteiger partial charge in [-0.2, -0.15) is 9.57 Å². The molecule has 0 radical (unpaired) electrons. The molecule has 0 bridgehead atoms. The van der Waals surface area contributed by atoms with Gasteiger partial charge in [0.05, 0.1) is 18.2 Å². The first-order valence-corrected chi connectivity index (χ1v) is 9.90. The van der Waals surface area contributed by atoms with Crippen LogP contribution >= 0.6 is 11.3 Å². The lowest BCUT2D eigenvalue weighted by Crippen LogP contribution is -2.30. The van der Waals surface area contributed by atoms with Gasteiger partial charge in [-0.15, -0.1) is 11.3 Å². The van der Waals surface area contributed by atoms with Crippen molar-refractivity contribution in [1.82, 2.24) is 9.29 Å². The first-order chi connectivity index (χ1) is 11.5. The van der Waals surface area contributed by atoms with Gasteiger partial charge in [0.25, 0.3) is 10.0 Å². The number of nitriles is 1. The summed E-state index contributed by atoms with van der Waals surface area (Å²) in [6.07, 6.45) is 2.68. The molecule has 0 aliphatic carbocycles. The van der Waals surface area contributed by atoms with Gasteiger partial charge in [-0.1, -0.05) is 6.92 Å². The van der Waals surface area contributed by atoms with E-state index in [1.54, 1.807) is 18.2 Å². The quantitative estimate of drug-likeness (QED) is 0.815.